The Balaban J connectivity index is 1.48. The van der Waals surface area contributed by atoms with Gasteiger partial charge in [-0.3, -0.25) is 4.90 Å². The third-order valence-corrected chi connectivity index (χ3v) is 6.08. The molecular weight excluding hydrogens is 403 g/mol. The van der Waals surface area contributed by atoms with E-state index in [9.17, 15) is 0 Å². The fourth-order valence-electron chi connectivity index (χ4n) is 4.16. The highest BCUT2D eigenvalue weighted by Crippen LogP contribution is 2.28. The Hall–Kier alpha value is -1.80. The van der Waals surface area contributed by atoms with E-state index in [2.05, 4.69) is 49.6 Å². The Kier molecular flexibility index (Phi) is 7.15. The molecule has 0 amide bonds. The van der Waals surface area contributed by atoms with Crippen LogP contribution in [0.15, 0.2) is 24.3 Å². The summed E-state index contributed by atoms with van der Waals surface area (Å²) in [7, 11) is 2.17. The monoisotopic (exact) mass is 432 g/mol. The van der Waals surface area contributed by atoms with Crippen molar-refractivity contribution in [3.05, 3.63) is 40.9 Å². The molecule has 2 saturated heterocycles. The largest absolute Gasteiger partial charge is 0.363 e. The number of hydrogen-bond acceptors (Lipinski definition) is 6. The second kappa shape index (κ2) is 10.0. The third-order valence-electron chi connectivity index (χ3n) is 5.91. The fraction of sp³-hybridized carbons (Fsp3) is 0.545. The van der Waals surface area contributed by atoms with Gasteiger partial charge in [0, 0.05) is 37.8 Å². The number of nitrogens with one attached hydrogen (secondary N) is 2. The second-order valence-electron chi connectivity index (χ2n) is 8.32. The number of hydrogen-bond donors (Lipinski definition) is 2. The maximum Gasteiger partial charge on any atom is 0.225 e. The van der Waals surface area contributed by atoms with Crippen LogP contribution in [-0.4, -0.2) is 72.1 Å². The smallest absolute Gasteiger partial charge is 0.225 e. The van der Waals surface area contributed by atoms with E-state index in [0.29, 0.717) is 5.56 Å². The molecule has 2 aliphatic heterocycles. The predicted molar refractivity (Wildman–Crippen MR) is 119 cm³/mol. The zero-order valence-corrected chi connectivity index (χ0v) is 18.3. The van der Waals surface area contributed by atoms with E-state index in [1.807, 2.05) is 12.1 Å². The summed E-state index contributed by atoms with van der Waals surface area (Å²) < 4.78 is 15.2. The van der Waals surface area contributed by atoms with Crippen LogP contribution in [0, 0.1) is 5.82 Å². The minimum Gasteiger partial charge on any atom is -0.363 e. The van der Waals surface area contributed by atoms with Crippen LogP contribution in [0.4, 0.5) is 10.2 Å². The maximum absolute atomic E-state index is 15.2. The summed E-state index contributed by atoms with van der Waals surface area (Å²) in [5, 5.41) is 6.56. The van der Waals surface area contributed by atoms with E-state index >= 15 is 4.39 Å². The van der Waals surface area contributed by atoms with Gasteiger partial charge in [-0.1, -0.05) is 24.3 Å². The summed E-state index contributed by atoms with van der Waals surface area (Å²) >= 11 is 6.12. The molecule has 2 aromatic rings. The van der Waals surface area contributed by atoms with Gasteiger partial charge in [0.1, 0.15) is 5.69 Å². The summed E-state index contributed by atoms with van der Waals surface area (Å²) in [6, 6.07) is 8.09. The van der Waals surface area contributed by atoms with Crippen LogP contribution in [0.2, 0.25) is 5.28 Å². The van der Waals surface area contributed by atoms with Gasteiger partial charge in [0.25, 0.3) is 0 Å². The zero-order valence-electron chi connectivity index (χ0n) is 17.5. The molecule has 30 heavy (non-hydrogen) atoms. The number of rotatable bonds is 5. The molecule has 0 unspecified atom stereocenters. The molecule has 2 aliphatic rings. The molecule has 1 aromatic carbocycles. The van der Waals surface area contributed by atoms with Gasteiger partial charge >= 0.3 is 0 Å². The second-order valence-corrected chi connectivity index (χ2v) is 8.66. The van der Waals surface area contributed by atoms with E-state index in [1.165, 1.54) is 12.0 Å². The molecule has 6 nitrogen and oxygen atoms in total. The molecule has 162 valence electrons. The van der Waals surface area contributed by atoms with Crippen LogP contribution in [0.5, 0.6) is 0 Å². The van der Waals surface area contributed by atoms with E-state index in [0.717, 1.165) is 58.7 Å². The van der Waals surface area contributed by atoms with Gasteiger partial charge in [0.15, 0.2) is 11.6 Å². The summed E-state index contributed by atoms with van der Waals surface area (Å²) in [6.07, 6.45) is 3.22. The van der Waals surface area contributed by atoms with Gasteiger partial charge in [0.2, 0.25) is 5.28 Å². The van der Waals surface area contributed by atoms with Gasteiger partial charge in [-0.2, -0.15) is 4.98 Å². The Morgan fingerprint density at radius 1 is 1.13 bits per heavy atom. The van der Waals surface area contributed by atoms with Crippen LogP contribution in [0.3, 0.4) is 0 Å². The summed E-state index contributed by atoms with van der Waals surface area (Å²) in [5.74, 6) is -0.273. The summed E-state index contributed by atoms with van der Waals surface area (Å²) in [5.41, 5.74) is 2.17. The van der Waals surface area contributed by atoms with Gasteiger partial charge < -0.3 is 15.5 Å². The summed E-state index contributed by atoms with van der Waals surface area (Å²) in [6.45, 7) is 7.11. The average Bonchev–Trinajstić information content (AvgIpc) is 2.96. The lowest BCUT2D eigenvalue weighted by Crippen LogP contribution is -2.38. The Morgan fingerprint density at radius 3 is 2.73 bits per heavy atom. The van der Waals surface area contributed by atoms with Crippen molar-refractivity contribution in [1.29, 1.82) is 0 Å². The average molecular weight is 433 g/mol. The van der Waals surface area contributed by atoms with Crippen LogP contribution >= 0.6 is 11.6 Å². The highest BCUT2D eigenvalue weighted by molar-refractivity contribution is 6.28. The summed E-state index contributed by atoms with van der Waals surface area (Å²) in [4.78, 5) is 13.1. The van der Waals surface area contributed by atoms with E-state index in [1.54, 1.807) is 0 Å². The topological polar surface area (TPSA) is 56.3 Å². The molecule has 2 fully saturated rings. The number of aromatic nitrogens is 2. The van der Waals surface area contributed by atoms with Crippen molar-refractivity contribution in [2.24, 2.45) is 0 Å². The molecule has 0 saturated carbocycles. The highest BCUT2D eigenvalue weighted by atomic mass is 35.5. The first-order chi connectivity index (χ1) is 14.6. The molecule has 4 rings (SSSR count). The van der Waals surface area contributed by atoms with Crippen molar-refractivity contribution < 1.29 is 4.39 Å². The molecule has 0 radical (unpaired) electrons. The molecule has 0 spiro atoms. The van der Waals surface area contributed by atoms with E-state index in [-0.39, 0.29) is 22.8 Å². The van der Waals surface area contributed by atoms with E-state index < -0.39 is 5.82 Å². The minimum absolute atomic E-state index is 0.0513. The molecule has 3 heterocycles. The van der Waals surface area contributed by atoms with Crippen LogP contribution in [0.25, 0.3) is 11.3 Å². The minimum atomic E-state index is -0.451. The normalized spacial score (nSPS) is 21.4. The number of likely N-dealkylation sites (N-methyl/N-ethyl adjacent to an activating group) is 1. The zero-order chi connectivity index (χ0) is 20.9. The molecule has 0 aliphatic carbocycles. The molecule has 8 heteroatoms. The molecule has 1 atom stereocenters. The first-order valence-electron chi connectivity index (χ1n) is 10.8. The molecule has 0 bridgehead atoms. The van der Waals surface area contributed by atoms with Crippen molar-refractivity contribution in [2.75, 3.05) is 51.6 Å². The van der Waals surface area contributed by atoms with Gasteiger partial charge in [0.05, 0.1) is 0 Å². The highest BCUT2D eigenvalue weighted by Gasteiger charge is 2.20. The molecule has 1 aromatic heterocycles. The van der Waals surface area contributed by atoms with Gasteiger partial charge in [-0.05, 0) is 63.1 Å². The number of piperidine rings is 1. The van der Waals surface area contributed by atoms with Crippen LogP contribution < -0.4 is 10.6 Å². The Morgan fingerprint density at radius 2 is 1.97 bits per heavy atom. The van der Waals surface area contributed by atoms with Crippen LogP contribution in [0.1, 0.15) is 24.8 Å². The standard InChI is InChI=1S/C22H30ClFN6/c1-29-10-3-11-30(13-12-29)15-16-5-7-17(8-6-16)20-19(24)21(28-22(23)27-20)26-18-4-2-9-25-14-18/h5-8,18,25H,2-4,9-15H2,1H3,(H,26,27,28)/t18-/m1/s1. The quantitative estimate of drug-likeness (QED) is 0.707. The Bertz CT molecular complexity index is 840. The molecular formula is C22H30ClFN6. The lowest BCUT2D eigenvalue weighted by atomic mass is 10.1. The fourth-order valence-corrected chi connectivity index (χ4v) is 4.33. The molecule has 2 N–H and O–H groups in total. The van der Waals surface area contributed by atoms with Crippen molar-refractivity contribution >= 4 is 17.4 Å². The third kappa shape index (κ3) is 5.46. The van der Waals surface area contributed by atoms with Crippen LogP contribution in [-0.2, 0) is 6.54 Å². The van der Waals surface area contributed by atoms with Gasteiger partial charge in [-0.15, -0.1) is 0 Å². The van der Waals surface area contributed by atoms with Gasteiger partial charge in [-0.25, -0.2) is 9.37 Å². The first kappa shape index (κ1) is 21.4. The Labute approximate surface area is 182 Å². The first-order valence-corrected chi connectivity index (χ1v) is 11.2. The number of nitrogens with zero attached hydrogens (tertiary/aromatic N) is 4. The maximum atomic E-state index is 15.2. The van der Waals surface area contributed by atoms with E-state index in [4.69, 9.17) is 11.6 Å². The van der Waals surface area contributed by atoms with Crippen molar-refractivity contribution in [3.8, 4) is 11.3 Å². The number of anilines is 1. The lowest BCUT2D eigenvalue weighted by Gasteiger charge is -2.24. The van der Waals surface area contributed by atoms with Crippen molar-refractivity contribution in [2.45, 2.75) is 31.8 Å². The predicted octanol–water partition coefficient (Wildman–Crippen LogP) is 3.24. The van der Waals surface area contributed by atoms with Crippen molar-refractivity contribution in [1.82, 2.24) is 25.1 Å². The number of benzene rings is 1. The van der Waals surface area contributed by atoms with Crippen molar-refractivity contribution in [3.63, 3.8) is 0 Å². The number of halogens is 2. The lowest BCUT2D eigenvalue weighted by molar-refractivity contribution is 0.269. The SMILES string of the molecule is CN1CCCN(Cc2ccc(-c3nc(Cl)nc(N[C@@H]4CCCNC4)c3F)cc2)CC1.